The van der Waals surface area contributed by atoms with Gasteiger partial charge in [-0.15, -0.1) is 0 Å². The summed E-state index contributed by atoms with van der Waals surface area (Å²) in [6.45, 7) is 1.52. The Morgan fingerprint density at radius 1 is 1.67 bits per heavy atom. The second-order valence-electron chi connectivity index (χ2n) is 3.67. The highest BCUT2D eigenvalue weighted by atomic mass is 35.5. The molecule has 2 N–H and O–H groups in total. The van der Waals surface area contributed by atoms with Gasteiger partial charge < -0.3 is 10.6 Å². The summed E-state index contributed by atoms with van der Waals surface area (Å²) < 4.78 is 0. The number of rotatable bonds is 2. The van der Waals surface area contributed by atoms with Crippen LogP contribution in [-0.4, -0.2) is 24.0 Å². The van der Waals surface area contributed by atoms with Gasteiger partial charge in [0, 0.05) is 25.0 Å². The Bertz CT molecular complexity index is 383. The number of aromatic nitrogens is 1. The van der Waals surface area contributed by atoms with Crippen LogP contribution < -0.4 is 10.6 Å². The lowest BCUT2D eigenvalue weighted by molar-refractivity contribution is -0.121. The predicted octanol–water partition coefficient (Wildman–Crippen LogP) is 1.05. The molecule has 15 heavy (non-hydrogen) atoms. The number of carbonyl (C=O) groups excluding carboxylic acids is 1. The molecule has 1 saturated heterocycles. The van der Waals surface area contributed by atoms with Gasteiger partial charge in [-0.2, -0.15) is 0 Å². The molecule has 5 heteroatoms. The Labute approximate surface area is 93.0 Å². The number of hydrogen-bond donors (Lipinski definition) is 1. The van der Waals surface area contributed by atoms with Crippen molar-refractivity contribution in [3.8, 4) is 0 Å². The number of anilines is 1. The van der Waals surface area contributed by atoms with E-state index in [2.05, 4.69) is 9.88 Å². The number of nitrogens with two attached hydrogens (primary N) is 1. The normalized spacial score (nSPS) is 20.6. The third-order valence-electron chi connectivity index (χ3n) is 2.67. The smallest absolute Gasteiger partial charge is 0.222 e. The molecule has 2 heterocycles. The maximum Gasteiger partial charge on any atom is 0.222 e. The molecule has 1 aliphatic rings. The van der Waals surface area contributed by atoms with Gasteiger partial charge in [-0.25, -0.2) is 4.98 Å². The van der Waals surface area contributed by atoms with E-state index in [1.807, 2.05) is 6.07 Å². The quantitative estimate of drug-likeness (QED) is 0.766. The summed E-state index contributed by atoms with van der Waals surface area (Å²) in [4.78, 5) is 17.0. The van der Waals surface area contributed by atoms with Gasteiger partial charge in [0.1, 0.15) is 5.15 Å². The molecule has 1 aromatic rings. The van der Waals surface area contributed by atoms with Crippen molar-refractivity contribution in [2.24, 2.45) is 11.7 Å². The Morgan fingerprint density at radius 3 is 3.07 bits per heavy atom. The van der Waals surface area contributed by atoms with E-state index in [4.69, 9.17) is 17.3 Å². The molecule has 1 amide bonds. The Hall–Kier alpha value is -1.29. The number of hydrogen-bond acceptors (Lipinski definition) is 3. The van der Waals surface area contributed by atoms with E-state index in [-0.39, 0.29) is 11.8 Å². The molecule has 1 atom stereocenters. The van der Waals surface area contributed by atoms with Crippen LogP contribution in [0.1, 0.15) is 6.42 Å². The average molecular weight is 226 g/mol. The molecule has 0 aliphatic carbocycles. The van der Waals surface area contributed by atoms with Crippen molar-refractivity contribution in [1.29, 1.82) is 0 Å². The fraction of sp³-hybridized carbons (Fsp3) is 0.400. The number of amides is 1. The summed E-state index contributed by atoms with van der Waals surface area (Å²) in [7, 11) is 0. The first kappa shape index (κ1) is 10.2. The van der Waals surface area contributed by atoms with Gasteiger partial charge in [0.15, 0.2) is 0 Å². The Balaban J connectivity index is 2.11. The van der Waals surface area contributed by atoms with Gasteiger partial charge in [-0.3, -0.25) is 4.79 Å². The average Bonchev–Trinajstić information content (AvgIpc) is 2.66. The van der Waals surface area contributed by atoms with Crippen LogP contribution >= 0.6 is 11.6 Å². The van der Waals surface area contributed by atoms with Gasteiger partial charge in [0.2, 0.25) is 5.91 Å². The predicted molar refractivity (Wildman–Crippen MR) is 58.8 cm³/mol. The number of halogens is 1. The summed E-state index contributed by atoms with van der Waals surface area (Å²) in [6.07, 6.45) is 2.48. The maximum absolute atomic E-state index is 11.0. The van der Waals surface area contributed by atoms with E-state index >= 15 is 0 Å². The first-order valence-electron chi connectivity index (χ1n) is 4.82. The molecular formula is C10H12ClN3O. The van der Waals surface area contributed by atoms with Crippen molar-refractivity contribution in [3.05, 3.63) is 23.5 Å². The second-order valence-corrected chi connectivity index (χ2v) is 4.06. The molecular weight excluding hydrogens is 214 g/mol. The topological polar surface area (TPSA) is 59.2 Å². The standard InChI is InChI=1S/C10H12ClN3O/c11-9-5-8(1-3-13-9)14-4-2-7(6-14)10(12)15/h1,3,5,7H,2,4,6H2,(H2,12,15). The van der Waals surface area contributed by atoms with Crippen LogP contribution in [0.5, 0.6) is 0 Å². The van der Waals surface area contributed by atoms with Gasteiger partial charge in [-0.05, 0) is 18.6 Å². The molecule has 0 bridgehead atoms. The van der Waals surface area contributed by atoms with E-state index in [1.165, 1.54) is 0 Å². The second kappa shape index (κ2) is 4.06. The van der Waals surface area contributed by atoms with Crippen LogP contribution in [0.4, 0.5) is 5.69 Å². The van der Waals surface area contributed by atoms with Gasteiger partial charge in [0.25, 0.3) is 0 Å². The first-order valence-corrected chi connectivity index (χ1v) is 5.20. The van der Waals surface area contributed by atoms with Gasteiger partial charge in [0.05, 0.1) is 5.92 Å². The van der Waals surface area contributed by atoms with Crippen molar-refractivity contribution < 1.29 is 4.79 Å². The molecule has 0 spiro atoms. The molecule has 1 unspecified atom stereocenters. The molecule has 1 aromatic heterocycles. The van der Waals surface area contributed by atoms with E-state index in [9.17, 15) is 4.79 Å². The molecule has 1 fully saturated rings. The zero-order valence-corrected chi connectivity index (χ0v) is 8.94. The molecule has 1 aliphatic heterocycles. The third kappa shape index (κ3) is 2.21. The zero-order chi connectivity index (χ0) is 10.8. The zero-order valence-electron chi connectivity index (χ0n) is 8.19. The van der Waals surface area contributed by atoms with Crippen LogP contribution in [-0.2, 0) is 4.79 Å². The highest BCUT2D eigenvalue weighted by Gasteiger charge is 2.26. The van der Waals surface area contributed by atoms with Gasteiger partial charge in [-0.1, -0.05) is 11.6 Å². The number of pyridine rings is 1. The number of nitrogens with zero attached hydrogens (tertiary/aromatic N) is 2. The highest BCUT2D eigenvalue weighted by molar-refractivity contribution is 6.29. The number of carbonyl (C=O) groups is 1. The molecule has 0 aromatic carbocycles. The molecule has 80 valence electrons. The minimum Gasteiger partial charge on any atom is -0.371 e. The molecule has 2 rings (SSSR count). The van der Waals surface area contributed by atoms with E-state index in [0.29, 0.717) is 11.7 Å². The lowest BCUT2D eigenvalue weighted by atomic mass is 10.1. The minimum atomic E-state index is -0.224. The SMILES string of the molecule is NC(=O)C1CCN(c2ccnc(Cl)c2)C1. The Morgan fingerprint density at radius 2 is 2.47 bits per heavy atom. The summed E-state index contributed by atoms with van der Waals surface area (Å²) >= 11 is 5.79. The highest BCUT2D eigenvalue weighted by Crippen LogP contribution is 2.24. The largest absolute Gasteiger partial charge is 0.371 e. The van der Waals surface area contributed by atoms with E-state index in [1.54, 1.807) is 12.3 Å². The summed E-state index contributed by atoms with van der Waals surface area (Å²) in [5.74, 6) is -0.269. The van der Waals surface area contributed by atoms with Crippen LogP contribution in [0.15, 0.2) is 18.3 Å². The molecule has 0 saturated carbocycles. The monoisotopic (exact) mass is 225 g/mol. The lowest BCUT2D eigenvalue weighted by Gasteiger charge is -2.17. The van der Waals surface area contributed by atoms with Crippen LogP contribution in [0, 0.1) is 5.92 Å². The summed E-state index contributed by atoms with van der Waals surface area (Å²) in [6, 6.07) is 3.68. The van der Waals surface area contributed by atoms with Crippen molar-refractivity contribution in [1.82, 2.24) is 4.98 Å². The van der Waals surface area contributed by atoms with Crippen molar-refractivity contribution in [3.63, 3.8) is 0 Å². The maximum atomic E-state index is 11.0. The third-order valence-corrected chi connectivity index (χ3v) is 2.87. The fourth-order valence-corrected chi connectivity index (χ4v) is 1.98. The van der Waals surface area contributed by atoms with Crippen LogP contribution in [0.25, 0.3) is 0 Å². The Kier molecular flexibility index (Phi) is 2.77. The van der Waals surface area contributed by atoms with E-state index in [0.717, 1.165) is 18.7 Å². The van der Waals surface area contributed by atoms with Gasteiger partial charge >= 0.3 is 0 Å². The fourth-order valence-electron chi connectivity index (χ4n) is 1.82. The first-order chi connectivity index (χ1) is 7.16. The summed E-state index contributed by atoms with van der Waals surface area (Å²) in [5, 5.41) is 0.468. The van der Waals surface area contributed by atoms with Crippen molar-refractivity contribution in [2.45, 2.75) is 6.42 Å². The van der Waals surface area contributed by atoms with Crippen LogP contribution in [0.3, 0.4) is 0 Å². The number of primary amides is 1. The van der Waals surface area contributed by atoms with Crippen molar-refractivity contribution >= 4 is 23.2 Å². The molecule has 0 radical (unpaired) electrons. The summed E-state index contributed by atoms with van der Waals surface area (Å²) in [5.41, 5.74) is 6.26. The molecule has 4 nitrogen and oxygen atoms in total. The van der Waals surface area contributed by atoms with Crippen molar-refractivity contribution in [2.75, 3.05) is 18.0 Å². The van der Waals surface area contributed by atoms with Crippen LogP contribution in [0.2, 0.25) is 5.15 Å². The minimum absolute atomic E-state index is 0.0445. The lowest BCUT2D eigenvalue weighted by Crippen LogP contribution is -2.27. The van der Waals surface area contributed by atoms with E-state index < -0.39 is 0 Å².